The molecule has 0 fully saturated rings. The number of hydrogen-bond donors (Lipinski definition) is 2. The zero-order chi connectivity index (χ0) is 13.7. The molecule has 0 spiro atoms. The second-order valence-electron chi connectivity index (χ2n) is 4.12. The van der Waals surface area contributed by atoms with Gasteiger partial charge in [0.05, 0.1) is 12.2 Å². The molecule has 1 aromatic carbocycles. The number of rotatable bonds is 4. The van der Waals surface area contributed by atoms with E-state index in [0.29, 0.717) is 10.8 Å². The topological polar surface area (TPSA) is 54.0 Å². The standard InChI is InChI=1S/C14H14ClN3O/c1-10-7-12(14(15)17-8-10)18-13(19)9-16-11-5-3-2-4-6-11/h2-8,16H,9H2,1H3,(H,18,19). The number of benzene rings is 1. The van der Waals surface area contributed by atoms with Gasteiger partial charge in [0.1, 0.15) is 0 Å². The smallest absolute Gasteiger partial charge is 0.243 e. The molecule has 0 aliphatic rings. The van der Waals surface area contributed by atoms with E-state index >= 15 is 0 Å². The first-order valence-electron chi connectivity index (χ1n) is 5.86. The van der Waals surface area contributed by atoms with E-state index in [9.17, 15) is 4.79 Å². The van der Waals surface area contributed by atoms with E-state index in [1.54, 1.807) is 12.3 Å². The van der Waals surface area contributed by atoms with Crippen LogP contribution in [0, 0.1) is 6.92 Å². The van der Waals surface area contributed by atoms with Crippen molar-refractivity contribution in [2.24, 2.45) is 0 Å². The fourth-order valence-corrected chi connectivity index (χ4v) is 1.72. The molecule has 2 aromatic rings. The minimum atomic E-state index is -0.168. The number of pyridine rings is 1. The van der Waals surface area contributed by atoms with Crippen LogP contribution in [-0.2, 0) is 4.79 Å². The Balaban J connectivity index is 1.93. The Kier molecular flexibility index (Phi) is 4.36. The largest absolute Gasteiger partial charge is 0.376 e. The van der Waals surface area contributed by atoms with Crippen LogP contribution in [0.4, 0.5) is 11.4 Å². The van der Waals surface area contributed by atoms with E-state index in [1.807, 2.05) is 37.3 Å². The van der Waals surface area contributed by atoms with Crippen LogP contribution in [0.3, 0.4) is 0 Å². The highest BCUT2D eigenvalue weighted by Crippen LogP contribution is 2.19. The minimum Gasteiger partial charge on any atom is -0.376 e. The number of nitrogens with zero attached hydrogens (tertiary/aromatic N) is 1. The molecule has 0 radical (unpaired) electrons. The van der Waals surface area contributed by atoms with Gasteiger partial charge in [-0.15, -0.1) is 0 Å². The maximum absolute atomic E-state index is 11.8. The highest BCUT2D eigenvalue weighted by molar-refractivity contribution is 6.32. The van der Waals surface area contributed by atoms with Gasteiger partial charge in [-0.25, -0.2) is 4.98 Å². The summed E-state index contributed by atoms with van der Waals surface area (Å²) in [5, 5.41) is 6.04. The van der Waals surface area contributed by atoms with Crippen molar-refractivity contribution < 1.29 is 4.79 Å². The van der Waals surface area contributed by atoms with Crippen LogP contribution in [0.1, 0.15) is 5.56 Å². The SMILES string of the molecule is Cc1cnc(Cl)c(NC(=O)CNc2ccccc2)c1. The maximum Gasteiger partial charge on any atom is 0.243 e. The van der Waals surface area contributed by atoms with Gasteiger partial charge >= 0.3 is 0 Å². The molecule has 0 aliphatic heterocycles. The average molecular weight is 276 g/mol. The molecule has 98 valence electrons. The molecule has 0 saturated heterocycles. The number of carbonyl (C=O) groups excluding carboxylic acids is 1. The van der Waals surface area contributed by atoms with Gasteiger partial charge in [0.25, 0.3) is 0 Å². The average Bonchev–Trinajstić information content (AvgIpc) is 2.42. The summed E-state index contributed by atoms with van der Waals surface area (Å²) in [7, 11) is 0. The summed E-state index contributed by atoms with van der Waals surface area (Å²) in [5.41, 5.74) is 2.36. The van der Waals surface area contributed by atoms with E-state index in [4.69, 9.17) is 11.6 Å². The first-order chi connectivity index (χ1) is 9.15. The summed E-state index contributed by atoms with van der Waals surface area (Å²) in [5.74, 6) is -0.168. The van der Waals surface area contributed by atoms with Crippen molar-refractivity contribution in [3.63, 3.8) is 0 Å². The highest BCUT2D eigenvalue weighted by Gasteiger charge is 2.06. The molecule has 0 unspecified atom stereocenters. The molecular formula is C14H14ClN3O. The van der Waals surface area contributed by atoms with Crippen molar-refractivity contribution in [1.29, 1.82) is 0 Å². The first kappa shape index (κ1) is 13.4. The Hall–Kier alpha value is -2.07. The number of hydrogen-bond acceptors (Lipinski definition) is 3. The first-order valence-corrected chi connectivity index (χ1v) is 6.24. The summed E-state index contributed by atoms with van der Waals surface area (Å²) < 4.78 is 0. The molecule has 1 heterocycles. The van der Waals surface area contributed by atoms with Crippen LogP contribution in [0.25, 0.3) is 0 Å². The Morgan fingerprint density at radius 3 is 2.79 bits per heavy atom. The van der Waals surface area contributed by atoms with Crippen molar-refractivity contribution in [3.8, 4) is 0 Å². The van der Waals surface area contributed by atoms with Crippen molar-refractivity contribution in [3.05, 3.63) is 53.3 Å². The lowest BCUT2D eigenvalue weighted by atomic mass is 10.3. The van der Waals surface area contributed by atoms with Crippen LogP contribution in [-0.4, -0.2) is 17.4 Å². The Labute approximate surface area is 116 Å². The van der Waals surface area contributed by atoms with Gasteiger partial charge in [0, 0.05) is 11.9 Å². The predicted molar refractivity (Wildman–Crippen MR) is 77.5 cm³/mol. The normalized spacial score (nSPS) is 10.0. The molecule has 2 N–H and O–H groups in total. The fourth-order valence-electron chi connectivity index (χ4n) is 1.57. The van der Waals surface area contributed by atoms with Crippen LogP contribution in [0.15, 0.2) is 42.6 Å². The molecule has 0 aliphatic carbocycles. The molecule has 5 heteroatoms. The zero-order valence-electron chi connectivity index (χ0n) is 10.5. The lowest BCUT2D eigenvalue weighted by Gasteiger charge is -2.09. The van der Waals surface area contributed by atoms with Gasteiger partial charge in [0.15, 0.2) is 5.15 Å². The van der Waals surface area contributed by atoms with Crippen molar-refractivity contribution >= 4 is 28.9 Å². The van der Waals surface area contributed by atoms with Gasteiger partial charge in [-0.05, 0) is 30.7 Å². The van der Waals surface area contributed by atoms with Crippen molar-refractivity contribution in [2.45, 2.75) is 6.92 Å². The van der Waals surface area contributed by atoms with E-state index in [0.717, 1.165) is 11.3 Å². The lowest BCUT2D eigenvalue weighted by Crippen LogP contribution is -2.22. The van der Waals surface area contributed by atoms with Gasteiger partial charge in [-0.3, -0.25) is 4.79 Å². The van der Waals surface area contributed by atoms with E-state index in [1.165, 1.54) is 0 Å². The molecule has 1 amide bonds. The van der Waals surface area contributed by atoms with Gasteiger partial charge in [-0.2, -0.15) is 0 Å². The Bertz CT molecular complexity index is 572. The van der Waals surface area contributed by atoms with Crippen LogP contribution in [0.5, 0.6) is 0 Å². The number of halogens is 1. The molecule has 0 bridgehead atoms. The number of aromatic nitrogens is 1. The number of aryl methyl sites for hydroxylation is 1. The van der Waals surface area contributed by atoms with Crippen LogP contribution < -0.4 is 10.6 Å². The van der Waals surface area contributed by atoms with E-state index < -0.39 is 0 Å². The van der Waals surface area contributed by atoms with Crippen molar-refractivity contribution in [1.82, 2.24) is 4.98 Å². The van der Waals surface area contributed by atoms with Crippen LogP contribution in [0.2, 0.25) is 5.15 Å². The van der Waals surface area contributed by atoms with Crippen LogP contribution >= 0.6 is 11.6 Å². The highest BCUT2D eigenvalue weighted by atomic mass is 35.5. The monoisotopic (exact) mass is 275 g/mol. The summed E-state index contributed by atoms with van der Waals surface area (Å²) in [4.78, 5) is 15.8. The minimum absolute atomic E-state index is 0.168. The quantitative estimate of drug-likeness (QED) is 0.843. The molecule has 4 nitrogen and oxygen atoms in total. The Morgan fingerprint density at radius 2 is 2.05 bits per heavy atom. The summed E-state index contributed by atoms with van der Waals surface area (Å²) >= 11 is 5.91. The summed E-state index contributed by atoms with van der Waals surface area (Å²) in [6.07, 6.45) is 1.65. The van der Waals surface area contributed by atoms with Crippen molar-refractivity contribution in [2.75, 3.05) is 17.2 Å². The zero-order valence-corrected chi connectivity index (χ0v) is 11.2. The molecule has 0 saturated carbocycles. The number of para-hydroxylation sites is 1. The summed E-state index contributed by atoms with van der Waals surface area (Å²) in [6.45, 7) is 2.06. The fraction of sp³-hybridized carbons (Fsp3) is 0.143. The number of anilines is 2. The van der Waals surface area contributed by atoms with Gasteiger partial charge < -0.3 is 10.6 Å². The predicted octanol–water partition coefficient (Wildman–Crippen LogP) is 3.09. The summed E-state index contributed by atoms with van der Waals surface area (Å²) in [6, 6.07) is 11.3. The lowest BCUT2D eigenvalue weighted by molar-refractivity contribution is -0.114. The van der Waals surface area contributed by atoms with E-state index in [-0.39, 0.29) is 12.5 Å². The molecule has 0 atom stereocenters. The third-order valence-corrected chi connectivity index (χ3v) is 2.78. The third-order valence-electron chi connectivity index (χ3n) is 2.48. The van der Waals surface area contributed by atoms with Gasteiger partial charge in [-0.1, -0.05) is 29.8 Å². The second-order valence-corrected chi connectivity index (χ2v) is 4.48. The number of nitrogens with one attached hydrogen (secondary N) is 2. The number of carbonyl (C=O) groups is 1. The molecular weight excluding hydrogens is 262 g/mol. The molecule has 2 rings (SSSR count). The molecule has 1 aromatic heterocycles. The molecule has 19 heavy (non-hydrogen) atoms. The Morgan fingerprint density at radius 1 is 1.32 bits per heavy atom. The maximum atomic E-state index is 11.8. The third kappa shape index (κ3) is 3.96. The van der Waals surface area contributed by atoms with Gasteiger partial charge in [0.2, 0.25) is 5.91 Å². The number of amides is 1. The van der Waals surface area contributed by atoms with E-state index in [2.05, 4.69) is 15.6 Å². The second kappa shape index (κ2) is 6.20.